The van der Waals surface area contributed by atoms with Gasteiger partial charge in [-0.2, -0.15) is 0 Å². The largest absolute Gasteiger partial charge is 0.482 e. The van der Waals surface area contributed by atoms with Gasteiger partial charge in [-0.1, -0.05) is 18.2 Å². The van der Waals surface area contributed by atoms with E-state index in [2.05, 4.69) is 37.2 Å². The molecule has 1 N–H and O–H groups in total. The average Bonchev–Trinajstić information content (AvgIpc) is 2.48. The van der Waals surface area contributed by atoms with Crippen molar-refractivity contribution in [2.45, 2.75) is 0 Å². The first-order chi connectivity index (χ1) is 10.1. The van der Waals surface area contributed by atoms with E-state index in [1.807, 2.05) is 18.2 Å². The van der Waals surface area contributed by atoms with E-state index in [0.29, 0.717) is 27.8 Å². The number of aldehydes is 1. The quantitative estimate of drug-likeness (QED) is 0.754. The number of nitrogens with one attached hydrogen (secondary N) is 1. The molecule has 1 amide bonds. The molecule has 0 aliphatic rings. The molecule has 0 saturated carbocycles. The molecule has 21 heavy (non-hydrogen) atoms. The van der Waals surface area contributed by atoms with Gasteiger partial charge in [-0.15, -0.1) is 0 Å². The monoisotopic (exact) mass is 411 g/mol. The Labute approximate surface area is 138 Å². The Balaban J connectivity index is 2.02. The lowest BCUT2D eigenvalue weighted by molar-refractivity contribution is -0.118. The summed E-state index contributed by atoms with van der Waals surface area (Å²) in [6.45, 7) is -0.190. The summed E-state index contributed by atoms with van der Waals surface area (Å²) in [4.78, 5) is 22.8. The van der Waals surface area contributed by atoms with Crippen LogP contribution in [0.4, 0.5) is 5.69 Å². The number of hydrogen-bond acceptors (Lipinski definition) is 3. The number of hydrogen-bond donors (Lipinski definition) is 1. The second-order valence-corrected chi connectivity index (χ2v) is 5.80. The molecule has 2 aromatic rings. The molecule has 4 nitrogen and oxygen atoms in total. The first-order valence-electron chi connectivity index (χ1n) is 6.02. The van der Waals surface area contributed by atoms with Crippen LogP contribution in [0.1, 0.15) is 10.4 Å². The molecule has 0 aromatic heterocycles. The average molecular weight is 413 g/mol. The van der Waals surface area contributed by atoms with Gasteiger partial charge in [-0.3, -0.25) is 9.59 Å². The van der Waals surface area contributed by atoms with Crippen molar-refractivity contribution in [3.63, 3.8) is 0 Å². The number of anilines is 1. The van der Waals surface area contributed by atoms with Crippen LogP contribution < -0.4 is 10.1 Å². The lowest BCUT2D eigenvalue weighted by Gasteiger charge is -2.11. The van der Waals surface area contributed by atoms with Crippen molar-refractivity contribution in [3.05, 3.63) is 57.0 Å². The highest BCUT2D eigenvalue weighted by atomic mass is 79.9. The molecule has 6 heteroatoms. The van der Waals surface area contributed by atoms with Crippen LogP contribution in [0.3, 0.4) is 0 Å². The Bertz CT molecular complexity index is 674. The van der Waals surface area contributed by atoms with Gasteiger partial charge in [-0.05, 0) is 56.1 Å². The fraction of sp³-hybridized carbons (Fsp3) is 0.0667. The molecule has 2 aromatic carbocycles. The first-order valence-corrected chi connectivity index (χ1v) is 7.61. The summed E-state index contributed by atoms with van der Waals surface area (Å²) >= 11 is 6.64. The van der Waals surface area contributed by atoms with Crippen LogP contribution in [0.5, 0.6) is 5.75 Å². The van der Waals surface area contributed by atoms with Crippen molar-refractivity contribution in [1.29, 1.82) is 0 Å². The predicted molar refractivity (Wildman–Crippen MR) is 87.8 cm³/mol. The van der Waals surface area contributed by atoms with E-state index in [1.165, 1.54) is 0 Å². The molecule has 0 fully saturated rings. The molecule has 0 radical (unpaired) electrons. The Morgan fingerprint density at radius 2 is 1.81 bits per heavy atom. The van der Waals surface area contributed by atoms with Crippen molar-refractivity contribution in [1.82, 2.24) is 0 Å². The summed E-state index contributed by atoms with van der Waals surface area (Å²) in [7, 11) is 0. The molecule has 0 aliphatic carbocycles. The SMILES string of the molecule is O=Cc1cccc(Br)c1OCC(=O)Nc1ccccc1Br. The summed E-state index contributed by atoms with van der Waals surface area (Å²) in [5.41, 5.74) is 1.05. The predicted octanol–water partition coefficient (Wildman–Crippen LogP) is 4.04. The van der Waals surface area contributed by atoms with Crippen LogP contribution in [0.25, 0.3) is 0 Å². The third-order valence-corrected chi connectivity index (χ3v) is 3.94. The van der Waals surface area contributed by atoms with Crippen LogP contribution in [0.15, 0.2) is 51.4 Å². The number of rotatable bonds is 5. The van der Waals surface area contributed by atoms with E-state index >= 15 is 0 Å². The number of para-hydroxylation sites is 2. The van der Waals surface area contributed by atoms with Crippen LogP contribution in [-0.2, 0) is 4.79 Å². The number of ether oxygens (including phenoxy) is 1. The third-order valence-electron chi connectivity index (χ3n) is 2.62. The molecule has 0 bridgehead atoms. The van der Waals surface area contributed by atoms with Crippen molar-refractivity contribution in [3.8, 4) is 5.75 Å². The first kappa shape index (κ1) is 15.7. The topological polar surface area (TPSA) is 55.4 Å². The van der Waals surface area contributed by atoms with Gasteiger partial charge in [0.1, 0.15) is 5.75 Å². The van der Waals surface area contributed by atoms with E-state index in [-0.39, 0.29) is 12.5 Å². The fourth-order valence-corrected chi connectivity index (χ4v) is 2.54. The molecule has 0 aliphatic heterocycles. The number of halogens is 2. The van der Waals surface area contributed by atoms with Gasteiger partial charge in [0.05, 0.1) is 15.7 Å². The lowest BCUT2D eigenvalue weighted by atomic mass is 10.2. The van der Waals surface area contributed by atoms with Crippen LogP contribution >= 0.6 is 31.9 Å². The smallest absolute Gasteiger partial charge is 0.262 e. The van der Waals surface area contributed by atoms with Crippen molar-refractivity contribution in [2.75, 3.05) is 11.9 Å². The maximum Gasteiger partial charge on any atom is 0.262 e. The van der Waals surface area contributed by atoms with Crippen molar-refractivity contribution < 1.29 is 14.3 Å². The fourth-order valence-electron chi connectivity index (χ4n) is 1.66. The van der Waals surface area contributed by atoms with Gasteiger partial charge in [-0.25, -0.2) is 0 Å². The van der Waals surface area contributed by atoms with E-state index in [4.69, 9.17) is 4.74 Å². The number of carbonyl (C=O) groups excluding carboxylic acids is 2. The van der Waals surface area contributed by atoms with E-state index in [1.54, 1.807) is 24.3 Å². The molecule has 0 heterocycles. The minimum atomic E-state index is -0.311. The molecule has 108 valence electrons. The maximum absolute atomic E-state index is 11.9. The minimum absolute atomic E-state index is 0.190. The summed E-state index contributed by atoms with van der Waals surface area (Å²) in [6.07, 6.45) is 0.686. The number of carbonyl (C=O) groups is 2. The van der Waals surface area contributed by atoms with Gasteiger partial charge < -0.3 is 10.1 Å². The lowest BCUT2D eigenvalue weighted by Crippen LogP contribution is -2.20. The van der Waals surface area contributed by atoms with E-state index < -0.39 is 0 Å². The van der Waals surface area contributed by atoms with E-state index in [9.17, 15) is 9.59 Å². The molecular weight excluding hydrogens is 402 g/mol. The molecule has 0 atom stereocenters. The highest BCUT2D eigenvalue weighted by molar-refractivity contribution is 9.11. The normalized spacial score (nSPS) is 10.0. The Kier molecular flexibility index (Phi) is 5.52. The summed E-state index contributed by atoms with van der Waals surface area (Å²) in [6, 6.07) is 12.4. The second-order valence-electron chi connectivity index (χ2n) is 4.09. The zero-order chi connectivity index (χ0) is 15.2. The minimum Gasteiger partial charge on any atom is -0.482 e. The molecule has 0 spiro atoms. The Hall–Kier alpha value is -1.66. The Morgan fingerprint density at radius 1 is 1.10 bits per heavy atom. The zero-order valence-corrected chi connectivity index (χ0v) is 14.0. The van der Waals surface area contributed by atoms with Gasteiger partial charge in [0, 0.05) is 4.47 Å². The highest BCUT2D eigenvalue weighted by Crippen LogP contribution is 2.28. The van der Waals surface area contributed by atoms with Crippen LogP contribution in [-0.4, -0.2) is 18.8 Å². The maximum atomic E-state index is 11.9. The second kappa shape index (κ2) is 7.38. The Morgan fingerprint density at radius 3 is 2.52 bits per heavy atom. The number of amides is 1. The highest BCUT2D eigenvalue weighted by Gasteiger charge is 2.11. The van der Waals surface area contributed by atoms with Gasteiger partial charge >= 0.3 is 0 Å². The molecule has 2 rings (SSSR count). The third kappa shape index (κ3) is 4.15. The summed E-state index contributed by atoms with van der Waals surface area (Å²) in [5.74, 6) is 0.0456. The van der Waals surface area contributed by atoms with Crippen LogP contribution in [0, 0.1) is 0 Å². The van der Waals surface area contributed by atoms with Crippen molar-refractivity contribution in [2.24, 2.45) is 0 Å². The molecular formula is C15H11Br2NO3. The molecule has 0 unspecified atom stereocenters. The van der Waals surface area contributed by atoms with Crippen LogP contribution in [0.2, 0.25) is 0 Å². The van der Waals surface area contributed by atoms with Crippen molar-refractivity contribution >= 4 is 49.7 Å². The summed E-state index contributed by atoms with van der Waals surface area (Å²) < 4.78 is 6.84. The van der Waals surface area contributed by atoms with Gasteiger partial charge in [0.2, 0.25) is 0 Å². The number of benzene rings is 2. The standard InChI is InChI=1S/C15H11Br2NO3/c16-11-5-1-2-7-13(11)18-14(20)9-21-15-10(8-19)4-3-6-12(15)17/h1-8H,9H2,(H,18,20). The zero-order valence-electron chi connectivity index (χ0n) is 10.8. The van der Waals surface area contributed by atoms with Gasteiger partial charge in [0.25, 0.3) is 5.91 Å². The summed E-state index contributed by atoms with van der Waals surface area (Å²) in [5, 5.41) is 2.72. The molecule has 0 saturated heterocycles. The van der Waals surface area contributed by atoms with E-state index in [0.717, 1.165) is 4.47 Å². The van der Waals surface area contributed by atoms with Gasteiger partial charge in [0.15, 0.2) is 12.9 Å².